The zero-order chi connectivity index (χ0) is 22.4. The Labute approximate surface area is 188 Å². The molecule has 4 atom stereocenters. The van der Waals surface area contributed by atoms with E-state index in [0.29, 0.717) is 24.2 Å². The van der Waals surface area contributed by atoms with Gasteiger partial charge >= 0.3 is 6.09 Å². The van der Waals surface area contributed by atoms with Crippen LogP contribution < -0.4 is 10.6 Å². The smallest absolute Gasteiger partial charge is 0.408 e. The van der Waals surface area contributed by atoms with E-state index in [2.05, 4.69) is 31.4 Å². The molecular weight excluding hydrogens is 410 g/mol. The van der Waals surface area contributed by atoms with Crippen LogP contribution in [0.4, 0.5) is 4.79 Å². The van der Waals surface area contributed by atoms with Gasteiger partial charge in [-0.15, -0.1) is 11.3 Å². The van der Waals surface area contributed by atoms with Gasteiger partial charge in [-0.3, -0.25) is 4.79 Å². The van der Waals surface area contributed by atoms with E-state index in [1.165, 1.54) is 0 Å². The first kappa shape index (κ1) is 23.1. The summed E-state index contributed by atoms with van der Waals surface area (Å²) < 4.78 is 6.97. The number of thiophene rings is 1. The van der Waals surface area contributed by atoms with Gasteiger partial charge < -0.3 is 15.4 Å². The second-order valence-corrected chi connectivity index (χ2v) is 9.72. The van der Waals surface area contributed by atoms with Crippen LogP contribution in [0.15, 0.2) is 29.6 Å². The SMILES string of the molecule is CC1CCC(C(C)C)C(OC(=O)NC(Cc2csc3ccccc23)C(=O)NCC#N)C1. The summed E-state index contributed by atoms with van der Waals surface area (Å²) in [6.07, 6.45) is 2.66. The van der Waals surface area contributed by atoms with E-state index in [0.717, 1.165) is 34.9 Å². The third kappa shape index (κ3) is 5.98. The van der Waals surface area contributed by atoms with E-state index in [-0.39, 0.29) is 18.6 Å². The molecule has 0 saturated heterocycles. The maximum Gasteiger partial charge on any atom is 0.408 e. The average molecular weight is 442 g/mol. The summed E-state index contributed by atoms with van der Waals surface area (Å²) >= 11 is 1.61. The number of benzene rings is 1. The highest BCUT2D eigenvalue weighted by atomic mass is 32.1. The number of hydrogen-bond donors (Lipinski definition) is 2. The minimum absolute atomic E-state index is 0.105. The third-order valence-electron chi connectivity index (χ3n) is 6.16. The largest absolute Gasteiger partial charge is 0.446 e. The standard InChI is InChI=1S/C24H31N3O3S/c1-15(2)18-9-8-16(3)12-21(18)30-24(29)27-20(23(28)26-11-10-25)13-17-14-31-22-7-5-4-6-19(17)22/h4-7,14-16,18,20-21H,8-9,11-13H2,1-3H3,(H,26,28)(H,27,29). The van der Waals surface area contributed by atoms with Gasteiger partial charge in [0.2, 0.25) is 5.91 Å². The van der Waals surface area contributed by atoms with Crippen molar-refractivity contribution in [3.8, 4) is 6.07 Å². The summed E-state index contributed by atoms with van der Waals surface area (Å²) in [5, 5.41) is 17.3. The molecule has 0 bridgehead atoms. The molecular formula is C24H31N3O3S. The van der Waals surface area contributed by atoms with Gasteiger partial charge in [-0.2, -0.15) is 5.26 Å². The molecule has 1 fully saturated rings. The quantitative estimate of drug-likeness (QED) is 0.613. The molecule has 1 aliphatic rings. The second-order valence-electron chi connectivity index (χ2n) is 8.80. The molecule has 3 rings (SSSR count). The number of fused-ring (bicyclic) bond motifs is 1. The van der Waals surface area contributed by atoms with Crippen LogP contribution in [0.1, 0.15) is 45.6 Å². The topological polar surface area (TPSA) is 91.2 Å². The van der Waals surface area contributed by atoms with Gasteiger partial charge in [-0.1, -0.05) is 45.4 Å². The number of rotatable bonds is 7. The Kier molecular flexibility index (Phi) is 7.91. The van der Waals surface area contributed by atoms with E-state index in [1.807, 2.05) is 35.7 Å². The molecule has 1 aromatic heterocycles. The van der Waals surface area contributed by atoms with E-state index < -0.39 is 12.1 Å². The number of carbonyl (C=O) groups excluding carboxylic acids is 2. The molecule has 0 spiro atoms. The van der Waals surface area contributed by atoms with Crippen LogP contribution in [0.25, 0.3) is 10.1 Å². The Morgan fingerprint density at radius 1 is 1.29 bits per heavy atom. The summed E-state index contributed by atoms with van der Waals surface area (Å²) in [5.41, 5.74) is 0.990. The Morgan fingerprint density at radius 2 is 2.06 bits per heavy atom. The van der Waals surface area contributed by atoms with Gasteiger partial charge in [-0.05, 0) is 53.0 Å². The molecule has 1 aliphatic carbocycles. The number of amides is 2. The Hall–Kier alpha value is -2.59. The molecule has 1 heterocycles. The fraction of sp³-hybridized carbons (Fsp3) is 0.542. The van der Waals surface area contributed by atoms with Crippen LogP contribution in [0.2, 0.25) is 0 Å². The number of alkyl carbamates (subject to hydrolysis) is 1. The van der Waals surface area contributed by atoms with Gasteiger partial charge in [0, 0.05) is 11.1 Å². The first-order chi connectivity index (χ1) is 14.9. The highest BCUT2D eigenvalue weighted by molar-refractivity contribution is 7.17. The molecule has 2 amide bonds. The van der Waals surface area contributed by atoms with Crippen molar-refractivity contribution >= 4 is 33.4 Å². The number of nitrogens with one attached hydrogen (secondary N) is 2. The van der Waals surface area contributed by atoms with Crippen LogP contribution in [0, 0.1) is 29.1 Å². The molecule has 0 radical (unpaired) electrons. The number of nitriles is 1. The number of nitrogens with zero attached hydrogens (tertiary/aromatic N) is 1. The van der Waals surface area contributed by atoms with Gasteiger partial charge in [-0.25, -0.2) is 4.79 Å². The van der Waals surface area contributed by atoms with Crippen molar-refractivity contribution in [2.24, 2.45) is 17.8 Å². The molecule has 7 heteroatoms. The normalized spacial score (nSPS) is 22.0. The van der Waals surface area contributed by atoms with Crippen molar-refractivity contribution in [1.29, 1.82) is 5.26 Å². The molecule has 2 N–H and O–H groups in total. The second kappa shape index (κ2) is 10.6. The Bertz CT molecular complexity index is 949. The number of ether oxygens (including phenoxy) is 1. The van der Waals surface area contributed by atoms with E-state index in [1.54, 1.807) is 11.3 Å². The fourth-order valence-corrected chi connectivity index (χ4v) is 5.41. The van der Waals surface area contributed by atoms with Gasteiger partial charge in [0.05, 0.1) is 6.07 Å². The van der Waals surface area contributed by atoms with Crippen molar-refractivity contribution in [2.75, 3.05) is 6.54 Å². The van der Waals surface area contributed by atoms with Gasteiger partial charge in [0.1, 0.15) is 18.7 Å². The van der Waals surface area contributed by atoms with Gasteiger partial charge in [0.25, 0.3) is 0 Å². The lowest BCUT2D eigenvalue weighted by molar-refractivity contribution is -0.122. The molecule has 6 nitrogen and oxygen atoms in total. The summed E-state index contributed by atoms with van der Waals surface area (Å²) in [6.45, 7) is 6.40. The van der Waals surface area contributed by atoms with Crippen LogP contribution in [-0.4, -0.2) is 30.7 Å². The fourth-order valence-electron chi connectivity index (χ4n) is 4.43. The van der Waals surface area contributed by atoms with E-state index in [4.69, 9.17) is 10.00 Å². The maximum atomic E-state index is 12.8. The molecule has 0 aliphatic heterocycles. The highest BCUT2D eigenvalue weighted by Crippen LogP contribution is 2.35. The molecule has 2 aromatic rings. The predicted molar refractivity (Wildman–Crippen MR) is 123 cm³/mol. The average Bonchev–Trinajstić information content (AvgIpc) is 3.14. The van der Waals surface area contributed by atoms with Crippen LogP contribution in [-0.2, 0) is 16.0 Å². The highest BCUT2D eigenvalue weighted by Gasteiger charge is 2.34. The van der Waals surface area contributed by atoms with Crippen molar-refractivity contribution in [1.82, 2.24) is 10.6 Å². The summed E-state index contributed by atoms with van der Waals surface area (Å²) in [7, 11) is 0. The summed E-state index contributed by atoms with van der Waals surface area (Å²) in [6, 6.07) is 9.09. The monoisotopic (exact) mass is 441 g/mol. The third-order valence-corrected chi connectivity index (χ3v) is 7.17. The Morgan fingerprint density at radius 3 is 2.81 bits per heavy atom. The van der Waals surface area contributed by atoms with E-state index in [9.17, 15) is 9.59 Å². The lowest BCUT2D eigenvalue weighted by Gasteiger charge is -2.36. The zero-order valence-corrected chi connectivity index (χ0v) is 19.2. The molecule has 4 unspecified atom stereocenters. The van der Waals surface area contributed by atoms with Crippen molar-refractivity contribution in [3.63, 3.8) is 0 Å². The number of carbonyl (C=O) groups is 2. The van der Waals surface area contributed by atoms with Crippen LogP contribution in [0.5, 0.6) is 0 Å². The molecule has 1 saturated carbocycles. The van der Waals surface area contributed by atoms with Crippen LogP contribution in [0.3, 0.4) is 0 Å². The summed E-state index contributed by atoms with van der Waals surface area (Å²) in [5.74, 6) is 0.886. The Balaban J connectivity index is 1.72. The minimum Gasteiger partial charge on any atom is -0.446 e. The van der Waals surface area contributed by atoms with Crippen LogP contribution >= 0.6 is 11.3 Å². The predicted octanol–water partition coefficient (Wildman–Crippen LogP) is 4.64. The van der Waals surface area contributed by atoms with E-state index >= 15 is 0 Å². The number of hydrogen-bond acceptors (Lipinski definition) is 5. The van der Waals surface area contributed by atoms with Gasteiger partial charge in [0.15, 0.2) is 0 Å². The lowest BCUT2D eigenvalue weighted by atomic mass is 9.75. The van der Waals surface area contributed by atoms with Crippen molar-refractivity contribution in [2.45, 2.75) is 58.6 Å². The zero-order valence-electron chi connectivity index (χ0n) is 18.4. The first-order valence-corrected chi connectivity index (χ1v) is 11.8. The van der Waals surface area contributed by atoms with Crippen molar-refractivity contribution < 1.29 is 14.3 Å². The lowest BCUT2D eigenvalue weighted by Crippen LogP contribution is -2.49. The first-order valence-electron chi connectivity index (χ1n) is 11.0. The van der Waals surface area contributed by atoms with Crippen molar-refractivity contribution in [3.05, 3.63) is 35.2 Å². The summed E-state index contributed by atoms with van der Waals surface area (Å²) in [4.78, 5) is 25.5. The molecule has 1 aromatic carbocycles. The maximum absolute atomic E-state index is 12.8. The minimum atomic E-state index is -0.808. The molecule has 166 valence electrons. The molecule has 31 heavy (non-hydrogen) atoms.